The standard InChI is InChI=1S/C17H19N4O3S/c1-25(23,24)19-15-5-2-6-16(12-15)20-8-10-21(11-9-20)17(22)14-4-3-7-18-13-14/h2-7,12,19H,8-11H2,1H3. The number of sulfonamides is 1. The van der Waals surface area contributed by atoms with E-state index in [1.807, 2.05) is 12.1 Å². The summed E-state index contributed by atoms with van der Waals surface area (Å²) in [6, 6.07) is 10.7. The number of rotatable bonds is 4. The molecule has 131 valence electrons. The van der Waals surface area contributed by atoms with Crippen LogP contribution in [-0.2, 0) is 10.0 Å². The highest BCUT2D eigenvalue weighted by atomic mass is 32.2. The molecule has 1 saturated heterocycles. The van der Waals surface area contributed by atoms with Gasteiger partial charge in [-0.15, -0.1) is 0 Å². The van der Waals surface area contributed by atoms with Gasteiger partial charge in [0.1, 0.15) is 6.20 Å². The minimum absolute atomic E-state index is 0.0692. The molecule has 0 spiro atoms. The van der Waals surface area contributed by atoms with Crippen molar-refractivity contribution >= 4 is 27.3 Å². The van der Waals surface area contributed by atoms with E-state index in [-0.39, 0.29) is 5.91 Å². The number of pyridine rings is 1. The summed E-state index contributed by atoms with van der Waals surface area (Å²) in [5.41, 5.74) is 1.92. The molecule has 0 unspecified atom stereocenters. The summed E-state index contributed by atoms with van der Waals surface area (Å²) in [6.07, 6.45) is 5.43. The average Bonchev–Trinajstić information content (AvgIpc) is 2.61. The van der Waals surface area contributed by atoms with Gasteiger partial charge in [0.25, 0.3) is 5.91 Å². The quantitative estimate of drug-likeness (QED) is 0.887. The number of anilines is 2. The second-order valence-electron chi connectivity index (χ2n) is 5.87. The summed E-state index contributed by atoms with van der Waals surface area (Å²) in [6.45, 7) is 2.53. The predicted molar refractivity (Wildman–Crippen MR) is 96.1 cm³/mol. The van der Waals surface area contributed by atoms with E-state index in [4.69, 9.17) is 0 Å². The molecule has 2 aromatic rings. The van der Waals surface area contributed by atoms with Crippen LogP contribution in [0, 0.1) is 6.20 Å². The number of carbonyl (C=O) groups excluding carboxylic acids is 1. The molecule has 1 fully saturated rings. The summed E-state index contributed by atoms with van der Waals surface area (Å²) in [7, 11) is -3.31. The van der Waals surface area contributed by atoms with Crippen LogP contribution in [0.5, 0.6) is 0 Å². The number of amides is 1. The normalized spacial score (nSPS) is 15.1. The van der Waals surface area contributed by atoms with Crippen LogP contribution in [0.25, 0.3) is 0 Å². The van der Waals surface area contributed by atoms with E-state index in [0.717, 1.165) is 11.9 Å². The fourth-order valence-corrected chi connectivity index (χ4v) is 3.32. The number of nitrogens with one attached hydrogen (secondary N) is 1. The van der Waals surface area contributed by atoms with Crippen LogP contribution >= 0.6 is 0 Å². The van der Waals surface area contributed by atoms with E-state index in [2.05, 4.69) is 20.8 Å². The number of aromatic nitrogens is 1. The van der Waals surface area contributed by atoms with Gasteiger partial charge in [-0.05, 0) is 30.3 Å². The molecule has 0 atom stereocenters. The first-order chi connectivity index (χ1) is 11.9. The van der Waals surface area contributed by atoms with E-state index in [1.54, 1.807) is 35.4 Å². The summed E-state index contributed by atoms with van der Waals surface area (Å²) >= 11 is 0. The maximum absolute atomic E-state index is 12.4. The van der Waals surface area contributed by atoms with E-state index in [1.165, 1.54) is 0 Å². The third kappa shape index (κ3) is 4.48. The molecular formula is C17H19N4O3S. The smallest absolute Gasteiger partial charge is 0.256 e. The molecule has 1 radical (unpaired) electrons. The Kier molecular flexibility index (Phi) is 4.89. The van der Waals surface area contributed by atoms with Crippen molar-refractivity contribution in [1.29, 1.82) is 0 Å². The lowest BCUT2D eigenvalue weighted by molar-refractivity contribution is 0.0746. The van der Waals surface area contributed by atoms with Crippen molar-refractivity contribution in [3.05, 3.63) is 54.4 Å². The van der Waals surface area contributed by atoms with Gasteiger partial charge < -0.3 is 9.80 Å². The second-order valence-corrected chi connectivity index (χ2v) is 7.62. The lowest BCUT2D eigenvalue weighted by atomic mass is 10.2. The average molecular weight is 359 g/mol. The first-order valence-corrected chi connectivity index (χ1v) is 9.76. The Hall–Kier alpha value is -2.61. The molecule has 7 nitrogen and oxygen atoms in total. The van der Waals surface area contributed by atoms with Crippen molar-refractivity contribution in [2.24, 2.45) is 0 Å². The third-order valence-corrected chi connectivity index (χ3v) is 4.53. The molecule has 0 bridgehead atoms. The zero-order chi connectivity index (χ0) is 17.9. The minimum atomic E-state index is -3.31. The van der Waals surface area contributed by atoms with Gasteiger partial charge in [-0.3, -0.25) is 14.5 Å². The zero-order valence-electron chi connectivity index (χ0n) is 13.8. The van der Waals surface area contributed by atoms with Crippen LogP contribution in [0.1, 0.15) is 10.4 Å². The van der Waals surface area contributed by atoms with E-state index < -0.39 is 10.0 Å². The molecule has 3 rings (SSSR count). The number of hydrogen-bond donors (Lipinski definition) is 1. The number of piperazine rings is 1. The van der Waals surface area contributed by atoms with Crippen molar-refractivity contribution in [3.63, 3.8) is 0 Å². The number of carbonyl (C=O) groups is 1. The molecule has 8 heteroatoms. The van der Waals surface area contributed by atoms with Crippen molar-refractivity contribution < 1.29 is 13.2 Å². The molecule has 1 aliphatic rings. The molecule has 1 amide bonds. The zero-order valence-corrected chi connectivity index (χ0v) is 14.7. The second kappa shape index (κ2) is 7.10. The Morgan fingerprint density at radius 3 is 2.56 bits per heavy atom. The lowest BCUT2D eigenvalue weighted by Gasteiger charge is -2.36. The van der Waals surface area contributed by atoms with E-state index in [9.17, 15) is 13.2 Å². The van der Waals surface area contributed by atoms with Crippen molar-refractivity contribution in [2.75, 3.05) is 42.1 Å². The Balaban J connectivity index is 1.64. The number of nitrogens with zero attached hydrogens (tertiary/aromatic N) is 3. The Bertz CT molecular complexity index is 847. The molecular weight excluding hydrogens is 340 g/mol. The van der Waals surface area contributed by atoms with Crippen LogP contribution in [0.15, 0.2) is 42.6 Å². The maximum atomic E-state index is 12.4. The summed E-state index contributed by atoms with van der Waals surface area (Å²) in [5.74, 6) is -0.0692. The van der Waals surface area contributed by atoms with Crippen LogP contribution in [0.2, 0.25) is 0 Å². The molecule has 0 saturated carbocycles. The van der Waals surface area contributed by atoms with Gasteiger partial charge in [-0.25, -0.2) is 8.42 Å². The van der Waals surface area contributed by atoms with Crippen LogP contribution in [0.4, 0.5) is 11.4 Å². The Morgan fingerprint density at radius 2 is 1.92 bits per heavy atom. The molecule has 1 aliphatic heterocycles. The van der Waals surface area contributed by atoms with Crippen molar-refractivity contribution in [2.45, 2.75) is 0 Å². The Morgan fingerprint density at radius 1 is 1.16 bits per heavy atom. The van der Waals surface area contributed by atoms with Gasteiger partial charge >= 0.3 is 0 Å². The first-order valence-electron chi connectivity index (χ1n) is 7.87. The summed E-state index contributed by atoms with van der Waals surface area (Å²) < 4.78 is 25.2. The largest absolute Gasteiger partial charge is 0.368 e. The van der Waals surface area contributed by atoms with Crippen molar-refractivity contribution in [1.82, 2.24) is 9.88 Å². The van der Waals surface area contributed by atoms with Gasteiger partial charge in [0.15, 0.2) is 0 Å². The van der Waals surface area contributed by atoms with Gasteiger partial charge in [0, 0.05) is 38.1 Å². The third-order valence-electron chi connectivity index (χ3n) is 3.92. The molecule has 1 N–H and O–H groups in total. The Labute approximate surface area is 147 Å². The highest BCUT2D eigenvalue weighted by molar-refractivity contribution is 7.92. The highest BCUT2D eigenvalue weighted by Crippen LogP contribution is 2.22. The fraction of sp³-hybridized carbons (Fsp3) is 0.294. The summed E-state index contributed by atoms with van der Waals surface area (Å²) in [4.78, 5) is 20.2. The molecule has 2 heterocycles. The van der Waals surface area contributed by atoms with Gasteiger partial charge in [0.05, 0.1) is 17.5 Å². The minimum Gasteiger partial charge on any atom is -0.368 e. The predicted octanol–water partition coefficient (Wildman–Crippen LogP) is 1.22. The number of hydrogen-bond acceptors (Lipinski definition) is 5. The van der Waals surface area contributed by atoms with Crippen LogP contribution < -0.4 is 9.62 Å². The molecule has 0 aliphatic carbocycles. The maximum Gasteiger partial charge on any atom is 0.256 e. The van der Waals surface area contributed by atoms with Crippen LogP contribution in [-0.4, -0.2) is 56.6 Å². The lowest BCUT2D eigenvalue weighted by Crippen LogP contribution is -2.48. The first kappa shape index (κ1) is 17.2. The molecule has 1 aromatic carbocycles. The van der Waals surface area contributed by atoms with Gasteiger partial charge in [0.2, 0.25) is 10.0 Å². The number of benzene rings is 1. The topological polar surface area (TPSA) is 82.6 Å². The van der Waals surface area contributed by atoms with Gasteiger partial charge in [-0.1, -0.05) is 6.07 Å². The molecule has 1 aromatic heterocycles. The highest BCUT2D eigenvalue weighted by Gasteiger charge is 2.22. The molecule has 25 heavy (non-hydrogen) atoms. The fourth-order valence-electron chi connectivity index (χ4n) is 2.76. The van der Waals surface area contributed by atoms with E-state index >= 15 is 0 Å². The van der Waals surface area contributed by atoms with E-state index in [0.29, 0.717) is 37.4 Å². The SMILES string of the molecule is CS(=O)(=O)Nc1cccc(N2CCN(C(=O)c3[c]nccc3)CC2)c1. The summed E-state index contributed by atoms with van der Waals surface area (Å²) in [5, 5.41) is 0. The van der Waals surface area contributed by atoms with Crippen LogP contribution in [0.3, 0.4) is 0 Å². The monoisotopic (exact) mass is 359 g/mol. The van der Waals surface area contributed by atoms with Crippen molar-refractivity contribution in [3.8, 4) is 0 Å². The van der Waals surface area contributed by atoms with Gasteiger partial charge in [-0.2, -0.15) is 0 Å².